The molecule has 3 rings (SSSR count). The predicted octanol–water partition coefficient (Wildman–Crippen LogP) is 3.82. The average molecular weight is 362 g/mol. The van der Waals surface area contributed by atoms with Crippen LogP contribution in [0.1, 0.15) is 71.2 Å². The van der Waals surface area contributed by atoms with Crippen LogP contribution >= 0.6 is 0 Å². The summed E-state index contributed by atoms with van der Waals surface area (Å²) < 4.78 is 7.20. The fourth-order valence-electron chi connectivity index (χ4n) is 3.00. The van der Waals surface area contributed by atoms with Crippen LogP contribution in [0.25, 0.3) is 5.65 Å². The van der Waals surface area contributed by atoms with Crippen LogP contribution in [0.5, 0.6) is 0 Å². The van der Waals surface area contributed by atoms with Crippen LogP contribution in [0, 0.1) is 6.92 Å². The number of hydrogen-bond acceptors (Lipinski definition) is 4. The quantitative estimate of drug-likeness (QED) is 0.836. The number of aromatic nitrogens is 3. The largest absolute Gasteiger partial charge is 0.444 e. The summed E-state index contributed by atoms with van der Waals surface area (Å²) in [6, 6.07) is 1.71. The van der Waals surface area contributed by atoms with Gasteiger partial charge in [0, 0.05) is 24.4 Å². The van der Waals surface area contributed by atoms with Crippen molar-refractivity contribution in [3.8, 4) is 0 Å². The van der Waals surface area contributed by atoms with E-state index in [-0.39, 0.29) is 17.7 Å². The molecule has 1 fully saturated rings. The molecule has 2 aromatic heterocycles. The van der Waals surface area contributed by atoms with Crippen molar-refractivity contribution in [1.29, 1.82) is 0 Å². The predicted molar refractivity (Wildman–Crippen MR) is 101 cm³/mol. The highest BCUT2D eigenvalue weighted by molar-refractivity contribution is 5.69. The smallest absolute Gasteiger partial charge is 0.410 e. The molecule has 1 unspecified atom stereocenters. The monoisotopic (exact) mass is 362 g/mol. The molecule has 1 aliphatic rings. The fourth-order valence-corrected chi connectivity index (χ4v) is 3.00. The number of H-pyrrole nitrogens is 1. The minimum atomic E-state index is -0.527. The normalized spacial score (nSPS) is 17.6. The Hall–Kier alpha value is -2.31. The number of amides is 1. The standard InChI is InChI=1S/C17H24N4O3.C2H6/c1-11-10-21-14(18-15(11)22)9-12(19-21)13-7-5-6-8-20(13)16(23)24-17(2,3)4;1-2/h9-10,13H,5-8H2,1-4H3,(H,18,22);1-2H3. The van der Waals surface area contributed by atoms with E-state index < -0.39 is 5.60 Å². The minimum Gasteiger partial charge on any atom is -0.444 e. The van der Waals surface area contributed by atoms with Crippen molar-refractivity contribution in [3.63, 3.8) is 0 Å². The molecule has 0 aliphatic carbocycles. The molecule has 0 spiro atoms. The second-order valence-electron chi connectivity index (χ2n) is 7.35. The van der Waals surface area contributed by atoms with Gasteiger partial charge in [-0.15, -0.1) is 0 Å². The summed E-state index contributed by atoms with van der Waals surface area (Å²) in [5.74, 6) is 0. The molecule has 0 saturated carbocycles. The summed E-state index contributed by atoms with van der Waals surface area (Å²) in [7, 11) is 0. The summed E-state index contributed by atoms with van der Waals surface area (Å²) in [5.41, 5.74) is 1.36. The number of nitrogens with one attached hydrogen (secondary N) is 1. The molecule has 7 nitrogen and oxygen atoms in total. The van der Waals surface area contributed by atoms with Crippen LogP contribution < -0.4 is 5.56 Å². The Morgan fingerprint density at radius 1 is 1.31 bits per heavy atom. The number of ether oxygens (including phenoxy) is 1. The van der Waals surface area contributed by atoms with Gasteiger partial charge in [-0.25, -0.2) is 9.31 Å². The molecular weight excluding hydrogens is 332 g/mol. The van der Waals surface area contributed by atoms with Gasteiger partial charge in [-0.05, 0) is 47.0 Å². The van der Waals surface area contributed by atoms with Crippen LogP contribution in [-0.4, -0.2) is 37.7 Å². The lowest BCUT2D eigenvalue weighted by atomic mass is 10.00. The van der Waals surface area contributed by atoms with E-state index in [1.54, 1.807) is 22.5 Å². The van der Waals surface area contributed by atoms with E-state index in [1.807, 2.05) is 40.7 Å². The lowest BCUT2D eigenvalue weighted by Gasteiger charge is -2.35. The van der Waals surface area contributed by atoms with E-state index >= 15 is 0 Å². The molecule has 0 radical (unpaired) electrons. The van der Waals surface area contributed by atoms with Crippen molar-refractivity contribution in [3.05, 3.63) is 33.9 Å². The van der Waals surface area contributed by atoms with Gasteiger partial charge in [-0.3, -0.25) is 9.69 Å². The van der Waals surface area contributed by atoms with Crippen LogP contribution in [0.15, 0.2) is 17.1 Å². The highest BCUT2D eigenvalue weighted by Gasteiger charge is 2.33. The van der Waals surface area contributed by atoms with Gasteiger partial charge in [0.25, 0.3) is 5.56 Å². The number of carbonyl (C=O) groups excluding carboxylic acids is 1. The highest BCUT2D eigenvalue weighted by Crippen LogP contribution is 2.31. The van der Waals surface area contributed by atoms with Crippen molar-refractivity contribution in [2.24, 2.45) is 0 Å². The first-order valence-electron chi connectivity index (χ1n) is 9.33. The van der Waals surface area contributed by atoms with E-state index in [0.29, 0.717) is 17.8 Å². The number of nitrogens with zero attached hydrogens (tertiary/aromatic N) is 3. The van der Waals surface area contributed by atoms with E-state index in [1.165, 1.54) is 0 Å². The Morgan fingerprint density at radius 2 is 2.00 bits per heavy atom. The Kier molecular flexibility index (Phi) is 6.10. The molecule has 144 valence electrons. The molecule has 1 N–H and O–H groups in total. The molecule has 1 amide bonds. The summed E-state index contributed by atoms with van der Waals surface area (Å²) in [6.45, 7) is 12.0. The third-order valence-corrected chi connectivity index (χ3v) is 4.14. The fraction of sp³-hybridized carbons (Fsp3) is 0.632. The van der Waals surface area contributed by atoms with Gasteiger partial charge in [-0.2, -0.15) is 5.10 Å². The number of carbonyl (C=O) groups is 1. The molecule has 0 bridgehead atoms. The number of aryl methyl sites for hydroxylation is 1. The number of likely N-dealkylation sites (tertiary alicyclic amines) is 1. The van der Waals surface area contributed by atoms with Crippen LogP contribution in [0.3, 0.4) is 0 Å². The van der Waals surface area contributed by atoms with E-state index in [0.717, 1.165) is 25.0 Å². The lowest BCUT2D eigenvalue weighted by molar-refractivity contribution is 0.00897. The molecular formula is C19H30N4O3. The van der Waals surface area contributed by atoms with Gasteiger partial charge in [0.05, 0.1) is 11.7 Å². The third kappa shape index (κ3) is 4.45. The zero-order valence-corrected chi connectivity index (χ0v) is 16.6. The molecule has 0 aromatic carbocycles. The molecule has 1 saturated heterocycles. The van der Waals surface area contributed by atoms with Crippen LogP contribution in [-0.2, 0) is 4.74 Å². The SMILES string of the molecule is CC.Cc1cn2nc(C3CCCCN3C(=O)OC(C)(C)C)cc2[nH]c1=O. The molecule has 26 heavy (non-hydrogen) atoms. The lowest BCUT2D eigenvalue weighted by Crippen LogP contribution is -2.42. The average Bonchev–Trinajstić information content (AvgIpc) is 2.98. The van der Waals surface area contributed by atoms with Crippen molar-refractivity contribution in [2.75, 3.05) is 6.54 Å². The van der Waals surface area contributed by atoms with E-state index in [2.05, 4.69) is 10.1 Å². The second-order valence-corrected chi connectivity index (χ2v) is 7.35. The number of hydrogen-bond donors (Lipinski definition) is 1. The van der Waals surface area contributed by atoms with Crippen LogP contribution in [0.4, 0.5) is 4.79 Å². The zero-order chi connectivity index (χ0) is 19.5. The first kappa shape index (κ1) is 20.0. The van der Waals surface area contributed by atoms with Crippen molar-refractivity contribution >= 4 is 11.7 Å². The minimum absolute atomic E-state index is 0.124. The Bertz CT molecular complexity index is 816. The molecule has 3 heterocycles. The van der Waals surface area contributed by atoms with Gasteiger partial charge >= 0.3 is 6.09 Å². The van der Waals surface area contributed by atoms with E-state index in [9.17, 15) is 9.59 Å². The molecule has 7 heteroatoms. The maximum Gasteiger partial charge on any atom is 0.410 e. The summed E-state index contributed by atoms with van der Waals surface area (Å²) >= 11 is 0. The van der Waals surface area contributed by atoms with Gasteiger partial charge in [0.15, 0.2) is 0 Å². The summed E-state index contributed by atoms with van der Waals surface area (Å²) in [6.07, 6.45) is 4.23. The van der Waals surface area contributed by atoms with Gasteiger partial charge in [-0.1, -0.05) is 13.8 Å². The number of fused-ring (bicyclic) bond motifs is 1. The molecule has 2 aromatic rings. The zero-order valence-electron chi connectivity index (χ0n) is 16.6. The first-order valence-corrected chi connectivity index (χ1v) is 9.33. The van der Waals surface area contributed by atoms with Gasteiger partial charge < -0.3 is 9.72 Å². The topological polar surface area (TPSA) is 79.7 Å². The maximum absolute atomic E-state index is 12.5. The second kappa shape index (κ2) is 7.93. The third-order valence-electron chi connectivity index (χ3n) is 4.14. The van der Waals surface area contributed by atoms with Crippen LogP contribution in [0.2, 0.25) is 0 Å². The number of piperidine rings is 1. The first-order chi connectivity index (χ1) is 12.2. The van der Waals surface area contributed by atoms with Gasteiger partial charge in [0.1, 0.15) is 11.2 Å². The summed E-state index contributed by atoms with van der Waals surface area (Å²) in [4.78, 5) is 28.9. The number of rotatable bonds is 1. The van der Waals surface area contributed by atoms with Crippen molar-refractivity contribution in [2.45, 2.75) is 72.4 Å². The Balaban J connectivity index is 0.00000117. The number of aromatic amines is 1. The van der Waals surface area contributed by atoms with E-state index in [4.69, 9.17) is 4.74 Å². The van der Waals surface area contributed by atoms with Gasteiger partial charge in [0.2, 0.25) is 0 Å². The van der Waals surface area contributed by atoms with Crippen molar-refractivity contribution < 1.29 is 9.53 Å². The Labute approximate surface area is 154 Å². The Morgan fingerprint density at radius 3 is 2.65 bits per heavy atom. The highest BCUT2D eigenvalue weighted by atomic mass is 16.6. The molecule has 1 aliphatic heterocycles. The summed E-state index contributed by atoms with van der Waals surface area (Å²) in [5, 5.41) is 4.56. The maximum atomic E-state index is 12.5. The van der Waals surface area contributed by atoms with Crippen molar-refractivity contribution in [1.82, 2.24) is 19.5 Å². The molecule has 1 atom stereocenters.